The Morgan fingerprint density at radius 1 is 1.10 bits per heavy atom. The molecule has 2 aliphatic rings. The van der Waals surface area contributed by atoms with Crippen LogP contribution in [0.4, 0.5) is 0 Å². The summed E-state index contributed by atoms with van der Waals surface area (Å²) >= 11 is 0. The van der Waals surface area contributed by atoms with E-state index in [1.807, 2.05) is 16.8 Å². The van der Waals surface area contributed by atoms with E-state index in [0.717, 1.165) is 48.2 Å². The van der Waals surface area contributed by atoms with E-state index in [9.17, 15) is 4.79 Å². The Labute approximate surface area is 170 Å². The Morgan fingerprint density at radius 3 is 2.69 bits per heavy atom. The van der Waals surface area contributed by atoms with Crippen molar-refractivity contribution in [2.45, 2.75) is 64.0 Å². The Kier molecular flexibility index (Phi) is 4.91. The summed E-state index contributed by atoms with van der Waals surface area (Å²) in [5, 5.41) is 14.0. The van der Waals surface area contributed by atoms with E-state index in [0.29, 0.717) is 6.04 Å². The molecule has 1 aliphatic carbocycles. The number of fused-ring (bicyclic) bond motifs is 1. The van der Waals surface area contributed by atoms with Gasteiger partial charge in [0.25, 0.3) is 5.56 Å². The van der Waals surface area contributed by atoms with Gasteiger partial charge in [-0.3, -0.25) is 4.79 Å². The van der Waals surface area contributed by atoms with Crippen molar-refractivity contribution < 1.29 is 4.90 Å². The standard InChI is InChI=1S/C22H28N6O/c1-15-9-10-19-16(13-15)14-18(22(29)23-19)20(27-11-5-2-6-12-27)21-24-25-26-28(21)17-7-3-4-8-17/h9-10,13-14,17,20H,2-8,11-12H2,1H3,(H,23,29)/p+1/t20-/m1/s1. The van der Waals surface area contributed by atoms with Gasteiger partial charge in [-0.25, -0.2) is 4.68 Å². The maximum Gasteiger partial charge on any atom is 0.258 e. The predicted octanol–water partition coefficient (Wildman–Crippen LogP) is 2.10. The molecule has 3 heterocycles. The van der Waals surface area contributed by atoms with Crippen LogP contribution in [0.1, 0.15) is 74.0 Å². The zero-order valence-corrected chi connectivity index (χ0v) is 17.0. The minimum Gasteiger partial charge on any atom is -0.322 e. The van der Waals surface area contributed by atoms with Gasteiger partial charge in [0.1, 0.15) is 0 Å². The predicted molar refractivity (Wildman–Crippen MR) is 111 cm³/mol. The van der Waals surface area contributed by atoms with E-state index >= 15 is 0 Å². The first-order valence-electron chi connectivity index (χ1n) is 11.0. The number of nitrogens with one attached hydrogen (secondary N) is 2. The van der Waals surface area contributed by atoms with Crippen molar-refractivity contribution >= 4 is 10.9 Å². The number of aromatic amines is 1. The average Bonchev–Trinajstić information content (AvgIpc) is 3.41. The summed E-state index contributed by atoms with van der Waals surface area (Å²) in [6, 6.07) is 8.46. The summed E-state index contributed by atoms with van der Waals surface area (Å²) in [6.45, 7) is 4.18. The zero-order chi connectivity index (χ0) is 19.8. The number of hydrogen-bond donors (Lipinski definition) is 2. The van der Waals surface area contributed by atoms with Gasteiger partial charge in [0.2, 0.25) is 5.82 Å². The topological polar surface area (TPSA) is 80.9 Å². The molecule has 5 rings (SSSR count). The Balaban J connectivity index is 1.65. The van der Waals surface area contributed by atoms with Crippen LogP contribution in [0, 0.1) is 6.92 Å². The molecule has 0 amide bonds. The van der Waals surface area contributed by atoms with E-state index in [1.165, 1.54) is 42.6 Å². The van der Waals surface area contributed by atoms with Crippen LogP contribution in [0.15, 0.2) is 29.1 Å². The number of likely N-dealkylation sites (tertiary alicyclic amines) is 1. The maximum atomic E-state index is 13.2. The number of rotatable bonds is 4. The van der Waals surface area contributed by atoms with Gasteiger partial charge in [0.15, 0.2) is 6.04 Å². The van der Waals surface area contributed by atoms with Crippen molar-refractivity contribution in [3.05, 3.63) is 51.6 Å². The lowest BCUT2D eigenvalue weighted by molar-refractivity contribution is -0.931. The second-order valence-corrected chi connectivity index (χ2v) is 8.72. The Hall–Kier alpha value is -2.54. The first-order valence-corrected chi connectivity index (χ1v) is 11.0. The van der Waals surface area contributed by atoms with Gasteiger partial charge in [-0.1, -0.05) is 24.5 Å². The largest absolute Gasteiger partial charge is 0.322 e. The quantitative estimate of drug-likeness (QED) is 0.711. The van der Waals surface area contributed by atoms with E-state index in [4.69, 9.17) is 0 Å². The summed E-state index contributed by atoms with van der Waals surface area (Å²) in [7, 11) is 0. The van der Waals surface area contributed by atoms with Crippen LogP contribution in [0.2, 0.25) is 0 Å². The second kappa shape index (κ2) is 7.71. The molecule has 2 aromatic heterocycles. The number of piperidine rings is 1. The molecule has 0 spiro atoms. The number of nitrogens with zero attached hydrogens (tertiary/aromatic N) is 4. The molecule has 2 N–H and O–H groups in total. The van der Waals surface area contributed by atoms with E-state index in [1.54, 1.807) is 0 Å². The van der Waals surface area contributed by atoms with Gasteiger partial charge in [0, 0.05) is 5.52 Å². The van der Waals surface area contributed by atoms with Gasteiger partial charge >= 0.3 is 0 Å². The fourth-order valence-corrected chi connectivity index (χ4v) is 5.19. The summed E-state index contributed by atoms with van der Waals surface area (Å²) in [4.78, 5) is 17.7. The second-order valence-electron chi connectivity index (χ2n) is 8.72. The molecule has 1 aliphatic heterocycles. The van der Waals surface area contributed by atoms with Crippen molar-refractivity contribution in [3.8, 4) is 0 Å². The van der Waals surface area contributed by atoms with Crippen molar-refractivity contribution in [1.29, 1.82) is 0 Å². The Morgan fingerprint density at radius 2 is 1.90 bits per heavy atom. The number of benzene rings is 1. The lowest BCUT2D eigenvalue weighted by atomic mass is 9.99. The molecule has 152 valence electrons. The van der Waals surface area contributed by atoms with Crippen LogP contribution in [-0.2, 0) is 0 Å². The average molecular weight is 394 g/mol. The number of aryl methyl sites for hydroxylation is 1. The molecular formula is C22H29N6O+. The van der Waals surface area contributed by atoms with Gasteiger partial charge in [0.05, 0.1) is 24.7 Å². The summed E-state index contributed by atoms with van der Waals surface area (Å²) in [6.07, 6.45) is 8.31. The molecule has 0 radical (unpaired) electrons. The third kappa shape index (κ3) is 3.48. The lowest BCUT2D eigenvalue weighted by Gasteiger charge is -2.31. The highest BCUT2D eigenvalue weighted by atomic mass is 16.1. The van der Waals surface area contributed by atoms with Crippen LogP contribution in [0.25, 0.3) is 10.9 Å². The fraction of sp³-hybridized carbons (Fsp3) is 0.545. The summed E-state index contributed by atoms with van der Waals surface area (Å²) < 4.78 is 2.03. The molecule has 3 aromatic rings. The normalized spacial score (nSPS) is 19.8. The van der Waals surface area contributed by atoms with Crippen LogP contribution in [0.3, 0.4) is 0 Å². The molecule has 7 nitrogen and oxygen atoms in total. The number of tetrazole rings is 1. The van der Waals surface area contributed by atoms with Crippen LogP contribution in [-0.4, -0.2) is 38.3 Å². The van der Waals surface area contributed by atoms with Gasteiger partial charge in [-0.15, -0.1) is 5.10 Å². The highest BCUT2D eigenvalue weighted by molar-refractivity contribution is 5.79. The van der Waals surface area contributed by atoms with Crippen LogP contribution in [0.5, 0.6) is 0 Å². The number of hydrogen-bond acceptors (Lipinski definition) is 4. The molecule has 1 saturated heterocycles. The fourth-order valence-electron chi connectivity index (χ4n) is 5.19. The van der Waals surface area contributed by atoms with Crippen molar-refractivity contribution in [2.75, 3.05) is 13.1 Å². The maximum absolute atomic E-state index is 13.2. The Bertz CT molecular complexity index is 1060. The van der Waals surface area contributed by atoms with E-state index in [-0.39, 0.29) is 11.6 Å². The number of quaternary nitrogens is 1. The lowest BCUT2D eigenvalue weighted by Crippen LogP contribution is -3.13. The number of pyridine rings is 1. The molecule has 29 heavy (non-hydrogen) atoms. The number of aromatic nitrogens is 5. The molecule has 7 heteroatoms. The first kappa shape index (κ1) is 18.5. The first-order chi connectivity index (χ1) is 14.2. The summed E-state index contributed by atoms with van der Waals surface area (Å²) in [5.74, 6) is 0.853. The molecule has 1 saturated carbocycles. The molecular weight excluding hydrogens is 364 g/mol. The third-order valence-corrected chi connectivity index (χ3v) is 6.69. The SMILES string of the molecule is Cc1ccc2[nH]c(=O)c([C@H](c3nnnn3C3CCCC3)[NH+]3CCCCC3)cc2c1. The minimum absolute atomic E-state index is 0.0228. The molecule has 0 bridgehead atoms. The third-order valence-electron chi connectivity index (χ3n) is 6.69. The highest BCUT2D eigenvalue weighted by Gasteiger charge is 2.36. The molecule has 2 fully saturated rings. The van der Waals surface area contributed by atoms with Crippen molar-refractivity contribution in [3.63, 3.8) is 0 Å². The van der Waals surface area contributed by atoms with Gasteiger partial charge in [-0.05, 0) is 73.0 Å². The highest BCUT2D eigenvalue weighted by Crippen LogP contribution is 2.31. The van der Waals surface area contributed by atoms with Gasteiger partial charge < -0.3 is 9.88 Å². The smallest absolute Gasteiger partial charge is 0.258 e. The van der Waals surface area contributed by atoms with Gasteiger partial charge in [-0.2, -0.15) is 0 Å². The zero-order valence-electron chi connectivity index (χ0n) is 17.0. The van der Waals surface area contributed by atoms with Crippen LogP contribution >= 0.6 is 0 Å². The van der Waals surface area contributed by atoms with Crippen molar-refractivity contribution in [1.82, 2.24) is 25.2 Å². The summed E-state index contributed by atoms with van der Waals surface area (Å²) in [5.41, 5.74) is 2.83. The van der Waals surface area contributed by atoms with Crippen LogP contribution < -0.4 is 10.5 Å². The van der Waals surface area contributed by atoms with Crippen molar-refractivity contribution in [2.24, 2.45) is 0 Å². The molecule has 1 aromatic carbocycles. The number of H-pyrrole nitrogens is 1. The van der Waals surface area contributed by atoms with E-state index in [2.05, 4.69) is 39.6 Å². The van der Waals surface area contributed by atoms with E-state index < -0.39 is 0 Å². The monoisotopic (exact) mass is 393 g/mol. The minimum atomic E-state index is -0.125. The molecule has 1 atom stereocenters. The molecule has 0 unspecified atom stereocenters.